The highest BCUT2D eigenvalue weighted by molar-refractivity contribution is 7.99. The van der Waals surface area contributed by atoms with E-state index in [2.05, 4.69) is 17.2 Å². The summed E-state index contributed by atoms with van der Waals surface area (Å²) in [5.41, 5.74) is 1.37. The summed E-state index contributed by atoms with van der Waals surface area (Å²) >= 11 is 1.73. The van der Waals surface area contributed by atoms with Gasteiger partial charge in [0.2, 0.25) is 0 Å². The maximum atomic E-state index is 12.7. The van der Waals surface area contributed by atoms with Crippen molar-refractivity contribution in [2.24, 2.45) is 0 Å². The van der Waals surface area contributed by atoms with Gasteiger partial charge in [-0.15, -0.1) is 11.8 Å². The van der Waals surface area contributed by atoms with Crippen LogP contribution < -0.4 is 10.1 Å². The van der Waals surface area contributed by atoms with Crippen molar-refractivity contribution < 1.29 is 9.53 Å². The number of pyridine rings is 1. The van der Waals surface area contributed by atoms with Crippen LogP contribution in [-0.2, 0) is 0 Å². The molecule has 1 aliphatic rings. The number of carbonyl (C=O) groups is 1. The number of rotatable bonds is 7. The fraction of sp³-hybridized carbons (Fsp3) is 0.400. The van der Waals surface area contributed by atoms with Gasteiger partial charge in [0.1, 0.15) is 10.8 Å². The van der Waals surface area contributed by atoms with Crippen LogP contribution in [0.2, 0.25) is 0 Å². The van der Waals surface area contributed by atoms with Crippen molar-refractivity contribution in [1.29, 1.82) is 0 Å². The Morgan fingerprint density at radius 1 is 1.28 bits per heavy atom. The molecule has 1 fully saturated rings. The molecule has 5 heteroatoms. The third kappa shape index (κ3) is 4.98. The third-order valence-corrected chi connectivity index (χ3v) is 5.51. The molecule has 0 spiro atoms. The average molecular weight is 356 g/mol. The summed E-state index contributed by atoms with van der Waals surface area (Å²) in [6, 6.07) is 11.2. The number of thioether (sulfide) groups is 1. The standard InChI is InChI=1S/C20H24N2O2S/c1-2-13-24-16-8-5-7-15(14-16)22-19(23)18-11-6-12-21-20(18)25-17-9-3-4-10-17/h5-8,11-12,14,17H,2-4,9-10,13H2,1H3,(H,22,23). The lowest BCUT2D eigenvalue weighted by Crippen LogP contribution is -2.14. The Bertz CT molecular complexity index is 714. The lowest BCUT2D eigenvalue weighted by Gasteiger charge is -2.13. The Hall–Kier alpha value is -2.01. The van der Waals surface area contributed by atoms with Gasteiger partial charge in [-0.2, -0.15) is 0 Å². The van der Waals surface area contributed by atoms with Crippen molar-refractivity contribution >= 4 is 23.4 Å². The Morgan fingerprint density at radius 3 is 2.92 bits per heavy atom. The molecule has 0 atom stereocenters. The zero-order chi connectivity index (χ0) is 17.5. The molecule has 2 aromatic rings. The fourth-order valence-electron chi connectivity index (χ4n) is 2.90. The van der Waals surface area contributed by atoms with Gasteiger partial charge < -0.3 is 10.1 Å². The normalized spacial score (nSPS) is 14.4. The minimum absolute atomic E-state index is 0.124. The SMILES string of the molecule is CCCOc1cccc(NC(=O)c2cccnc2SC2CCCC2)c1. The highest BCUT2D eigenvalue weighted by Gasteiger charge is 2.20. The first kappa shape index (κ1) is 17.8. The van der Waals surface area contributed by atoms with Crippen LogP contribution in [-0.4, -0.2) is 22.7 Å². The first-order chi connectivity index (χ1) is 12.3. The van der Waals surface area contributed by atoms with E-state index < -0.39 is 0 Å². The van der Waals surface area contributed by atoms with E-state index in [1.807, 2.05) is 36.4 Å². The molecule has 1 aromatic carbocycles. The van der Waals surface area contributed by atoms with Gasteiger partial charge >= 0.3 is 0 Å². The molecule has 0 radical (unpaired) electrons. The van der Waals surface area contributed by atoms with Gasteiger partial charge in [0.25, 0.3) is 5.91 Å². The van der Waals surface area contributed by atoms with Crippen molar-refractivity contribution in [3.05, 3.63) is 48.2 Å². The lowest BCUT2D eigenvalue weighted by atomic mass is 10.2. The molecule has 1 N–H and O–H groups in total. The maximum absolute atomic E-state index is 12.7. The minimum atomic E-state index is -0.124. The van der Waals surface area contributed by atoms with Crippen LogP contribution in [0.25, 0.3) is 0 Å². The predicted molar refractivity (Wildman–Crippen MR) is 103 cm³/mol. The molecule has 0 bridgehead atoms. The fourth-order valence-corrected chi connectivity index (χ4v) is 4.20. The van der Waals surface area contributed by atoms with Crippen LogP contribution in [0.4, 0.5) is 5.69 Å². The molecular weight excluding hydrogens is 332 g/mol. The van der Waals surface area contributed by atoms with Crippen molar-refractivity contribution in [2.75, 3.05) is 11.9 Å². The van der Waals surface area contributed by atoms with Crippen LogP contribution in [0, 0.1) is 0 Å². The molecule has 1 aromatic heterocycles. The second-order valence-corrected chi connectivity index (χ2v) is 7.50. The number of ether oxygens (including phenoxy) is 1. The minimum Gasteiger partial charge on any atom is -0.494 e. The van der Waals surface area contributed by atoms with Gasteiger partial charge in [-0.3, -0.25) is 4.79 Å². The number of aromatic nitrogens is 1. The van der Waals surface area contributed by atoms with E-state index in [0.29, 0.717) is 17.4 Å². The summed E-state index contributed by atoms with van der Waals surface area (Å²) in [6.45, 7) is 2.74. The monoisotopic (exact) mass is 356 g/mol. The first-order valence-electron chi connectivity index (χ1n) is 8.92. The Labute approximate surface area is 153 Å². The largest absolute Gasteiger partial charge is 0.494 e. The number of carbonyl (C=O) groups excluding carboxylic acids is 1. The molecule has 0 unspecified atom stereocenters. The molecule has 3 rings (SSSR count). The molecular formula is C20H24N2O2S. The summed E-state index contributed by atoms with van der Waals surface area (Å²) < 4.78 is 5.63. The molecule has 132 valence electrons. The van der Waals surface area contributed by atoms with E-state index in [0.717, 1.165) is 22.9 Å². The van der Waals surface area contributed by atoms with Crippen LogP contribution in [0.1, 0.15) is 49.4 Å². The maximum Gasteiger partial charge on any atom is 0.258 e. The van der Waals surface area contributed by atoms with Gasteiger partial charge in [0.05, 0.1) is 12.2 Å². The van der Waals surface area contributed by atoms with Gasteiger partial charge in [-0.05, 0) is 43.5 Å². The second-order valence-electron chi connectivity index (χ2n) is 6.21. The zero-order valence-corrected chi connectivity index (χ0v) is 15.3. The molecule has 0 saturated heterocycles. The smallest absolute Gasteiger partial charge is 0.258 e. The summed E-state index contributed by atoms with van der Waals surface area (Å²) in [5.74, 6) is 0.646. The van der Waals surface area contributed by atoms with E-state index in [1.165, 1.54) is 25.7 Å². The highest BCUT2D eigenvalue weighted by atomic mass is 32.2. The Balaban J connectivity index is 1.70. The third-order valence-electron chi connectivity index (χ3n) is 4.16. The number of nitrogens with zero attached hydrogens (tertiary/aromatic N) is 1. The van der Waals surface area contributed by atoms with E-state index in [1.54, 1.807) is 18.0 Å². The number of hydrogen-bond acceptors (Lipinski definition) is 4. The predicted octanol–water partition coefficient (Wildman–Crippen LogP) is 5.16. The summed E-state index contributed by atoms with van der Waals surface area (Å²) in [6.07, 6.45) is 7.67. The molecule has 1 saturated carbocycles. The van der Waals surface area contributed by atoms with Gasteiger partial charge in [0.15, 0.2) is 0 Å². The molecule has 25 heavy (non-hydrogen) atoms. The molecule has 1 heterocycles. The van der Waals surface area contributed by atoms with Crippen molar-refractivity contribution in [3.8, 4) is 5.75 Å². The quantitative estimate of drug-likeness (QED) is 0.745. The van der Waals surface area contributed by atoms with E-state index >= 15 is 0 Å². The topological polar surface area (TPSA) is 51.2 Å². The lowest BCUT2D eigenvalue weighted by molar-refractivity contribution is 0.102. The first-order valence-corrected chi connectivity index (χ1v) is 9.80. The number of amides is 1. The van der Waals surface area contributed by atoms with Crippen LogP contribution in [0.5, 0.6) is 5.75 Å². The zero-order valence-electron chi connectivity index (χ0n) is 14.5. The van der Waals surface area contributed by atoms with Crippen molar-refractivity contribution in [2.45, 2.75) is 49.3 Å². The number of hydrogen-bond donors (Lipinski definition) is 1. The Morgan fingerprint density at radius 2 is 2.12 bits per heavy atom. The number of benzene rings is 1. The molecule has 1 amide bonds. The van der Waals surface area contributed by atoms with E-state index in [-0.39, 0.29) is 5.91 Å². The van der Waals surface area contributed by atoms with Gasteiger partial charge in [-0.1, -0.05) is 25.8 Å². The van der Waals surface area contributed by atoms with Crippen LogP contribution >= 0.6 is 11.8 Å². The van der Waals surface area contributed by atoms with Crippen LogP contribution in [0.3, 0.4) is 0 Å². The summed E-state index contributed by atoms with van der Waals surface area (Å²) in [4.78, 5) is 17.2. The van der Waals surface area contributed by atoms with E-state index in [4.69, 9.17) is 4.74 Å². The van der Waals surface area contributed by atoms with E-state index in [9.17, 15) is 4.79 Å². The average Bonchev–Trinajstić information content (AvgIpc) is 3.14. The number of nitrogens with one attached hydrogen (secondary N) is 1. The molecule has 4 nitrogen and oxygen atoms in total. The Kier molecular flexibility index (Phi) is 6.34. The van der Waals surface area contributed by atoms with Gasteiger partial charge in [0, 0.05) is 23.2 Å². The van der Waals surface area contributed by atoms with Crippen molar-refractivity contribution in [3.63, 3.8) is 0 Å². The molecule has 0 aliphatic heterocycles. The number of anilines is 1. The molecule has 1 aliphatic carbocycles. The second kappa shape index (κ2) is 8.90. The highest BCUT2D eigenvalue weighted by Crippen LogP contribution is 2.35. The van der Waals surface area contributed by atoms with Crippen LogP contribution in [0.15, 0.2) is 47.6 Å². The summed E-state index contributed by atoms with van der Waals surface area (Å²) in [7, 11) is 0. The summed E-state index contributed by atoms with van der Waals surface area (Å²) in [5, 5.41) is 4.37. The van der Waals surface area contributed by atoms with Gasteiger partial charge in [-0.25, -0.2) is 4.98 Å². The van der Waals surface area contributed by atoms with Crippen molar-refractivity contribution in [1.82, 2.24) is 4.98 Å².